The van der Waals surface area contributed by atoms with Crippen molar-refractivity contribution in [3.8, 4) is 22.6 Å². The van der Waals surface area contributed by atoms with Crippen LogP contribution in [-0.2, 0) is 7.05 Å². The van der Waals surface area contributed by atoms with Gasteiger partial charge in [-0.1, -0.05) is 13.0 Å². The van der Waals surface area contributed by atoms with Crippen molar-refractivity contribution in [3.05, 3.63) is 59.4 Å². The normalized spacial score (nSPS) is 17.0. The fraction of sp³-hybridized carbons (Fsp3) is 0.407. The van der Waals surface area contributed by atoms with Crippen LogP contribution in [0.1, 0.15) is 49.2 Å². The molecule has 8 heteroatoms. The zero-order chi connectivity index (χ0) is 25.7. The molecule has 35 heavy (non-hydrogen) atoms. The number of aromatic nitrogens is 2. The molecule has 1 aliphatic carbocycles. The summed E-state index contributed by atoms with van der Waals surface area (Å²) in [7, 11) is 6.60. The van der Waals surface area contributed by atoms with Gasteiger partial charge < -0.3 is 25.8 Å². The van der Waals surface area contributed by atoms with Gasteiger partial charge in [0, 0.05) is 43.1 Å². The number of anilines is 1. The number of nitrogens with one attached hydrogen (secondary N) is 2. The molecule has 1 amide bonds. The molecule has 3 aromatic rings. The summed E-state index contributed by atoms with van der Waals surface area (Å²) in [6, 6.07) is 10.2. The van der Waals surface area contributed by atoms with Gasteiger partial charge in [0.2, 0.25) is 0 Å². The first-order valence-corrected chi connectivity index (χ1v) is 11.8. The molecule has 0 spiro atoms. The highest BCUT2D eigenvalue weighted by Crippen LogP contribution is 2.40. The van der Waals surface area contributed by atoms with E-state index in [-0.39, 0.29) is 13.4 Å². The number of aryl methyl sites for hydroxylation is 2. The van der Waals surface area contributed by atoms with Crippen LogP contribution < -0.4 is 25.8 Å². The Morgan fingerprint density at radius 3 is 2.51 bits per heavy atom. The highest BCUT2D eigenvalue weighted by atomic mass is 16.5. The summed E-state index contributed by atoms with van der Waals surface area (Å²) in [6.07, 6.45) is 4.88. The third-order valence-electron chi connectivity index (χ3n) is 6.31. The second kappa shape index (κ2) is 11.3. The monoisotopic (exact) mass is 481 g/mol. The average Bonchev–Trinajstić information content (AvgIpc) is 3.37. The van der Waals surface area contributed by atoms with Gasteiger partial charge in [-0.25, -0.2) is 0 Å². The van der Waals surface area contributed by atoms with E-state index in [1.165, 1.54) is 13.5 Å². The summed E-state index contributed by atoms with van der Waals surface area (Å²) >= 11 is 0. The Balaban J connectivity index is 0.00000148. The number of benzene rings is 2. The number of hydrogen-bond donors (Lipinski definition) is 3. The molecule has 4 N–H and O–H groups in total. The quantitative estimate of drug-likeness (QED) is 0.436. The molecule has 3 atom stereocenters. The minimum absolute atomic E-state index is 0. The van der Waals surface area contributed by atoms with E-state index in [9.17, 15) is 4.79 Å². The van der Waals surface area contributed by atoms with Crippen LogP contribution in [0.2, 0.25) is 0 Å². The molecule has 1 heterocycles. The number of nitrogens with two attached hydrogens (primary N) is 1. The van der Waals surface area contributed by atoms with Crippen molar-refractivity contribution < 1.29 is 15.7 Å². The zero-order valence-corrected chi connectivity index (χ0v) is 21.7. The van der Waals surface area contributed by atoms with Gasteiger partial charge >= 0.3 is 0 Å². The molecule has 0 aliphatic heterocycles. The SMILES string of the molecule is CN.COc1cc([C@@H](C)NC(=O)c2cc(N[C@@H]3C[C@@H]3C)ccc2C)cc(-c2cnn(C)c2)c1OC.[HH]. The lowest BCUT2D eigenvalue weighted by Crippen LogP contribution is -2.27. The number of rotatable bonds is 8. The number of amides is 1. The van der Waals surface area contributed by atoms with E-state index in [4.69, 9.17) is 9.47 Å². The van der Waals surface area contributed by atoms with Gasteiger partial charge in [0.05, 0.1) is 26.5 Å². The Bertz CT molecular complexity index is 1180. The van der Waals surface area contributed by atoms with Gasteiger partial charge in [-0.05, 0) is 68.6 Å². The van der Waals surface area contributed by atoms with E-state index >= 15 is 0 Å². The van der Waals surface area contributed by atoms with Gasteiger partial charge in [-0.3, -0.25) is 9.48 Å². The van der Waals surface area contributed by atoms with Gasteiger partial charge in [0.25, 0.3) is 5.91 Å². The fourth-order valence-electron chi connectivity index (χ4n) is 4.06. The molecule has 1 aliphatic rings. The number of methoxy groups -OCH3 is 2. The molecule has 0 saturated heterocycles. The highest BCUT2D eigenvalue weighted by molar-refractivity contribution is 5.97. The molecule has 0 radical (unpaired) electrons. The maximum atomic E-state index is 13.2. The lowest BCUT2D eigenvalue weighted by atomic mass is 9.99. The van der Waals surface area contributed by atoms with Crippen LogP contribution in [0.4, 0.5) is 5.69 Å². The molecular weight excluding hydrogens is 442 g/mol. The van der Waals surface area contributed by atoms with Crippen molar-refractivity contribution in [2.24, 2.45) is 18.7 Å². The van der Waals surface area contributed by atoms with Gasteiger partial charge in [0.1, 0.15) is 0 Å². The van der Waals surface area contributed by atoms with Crippen LogP contribution >= 0.6 is 0 Å². The van der Waals surface area contributed by atoms with Crippen molar-refractivity contribution in [3.63, 3.8) is 0 Å². The molecular formula is C27H39N5O3. The molecule has 0 bridgehead atoms. The molecule has 1 fully saturated rings. The Labute approximate surface area is 209 Å². The summed E-state index contributed by atoms with van der Waals surface area (Å²) < 4.78 is 13.0. The molecule has 190 valence electrons. The Hall–Kier alpha value is -3.52. The van der Waals surface area contributed by atoms with E-state index in [0.717, 1.165) is 27.9 Å². The summed E-state index contributed by atoms with van der Waals surface area (Å²) in [4.78, 5) is 13.2. The molecule has 2 aromatic carbocycles. The van der Waals surface area contributed by atoms with E-state index in [2.05, 4.69) is 28.4 Å². The van der Waals surface area contributed by atoms with Crippen molar-refractivity contribution >= 4 is 11.6 Å². The standard InChI is InChI=1S/C26H32N4O3.CH5N.H2/c1-15-7-8-20(29-23-9-16(23)2)12-21(15)26(31)28-17(3)18-10-22(19-13-27-30(4)14-19)25(33-6)24(11-18)32-5;1-2;/h7-8,10-14,16-17,23,29H,9H2,1-6H3,(H,28,31);2H2,1H3;1H/t16-,17+,23+;;/m0../s1. The van der Waals surface area contributed by atoms with E-state index < -0.39 is 0 Å². The van der Waals surface area contributed by atoms with E-state index in [0.29, 0.717) is 29.0 Å². The summed E-state index contributed by atoms with van der Waals surface area (Å²) in [5.41, 5.74) is 9.79. The minimum atomic E-state index is -0.243. The second-order valence-electron chi connectivity index (χ2n) is 8.90. The number of nitrogens with zero attached hydrogens (tertiary/aromatic N) is 2. The van der Waals surface area contributed by atoms with E-state index in [1.807, 2.05) is 57.4 Å². The number of hydrogen-bond acceptors (Lipinski definition) is 6. The first kappa shape index (κ1) is 26.1. The minimum Gasteiger partial charge on any atom is -0.493 e. The lowest BCUT2D eigenvalue weighted by Gasteiger charge is -2.20. The van der Waals surface area contributed by atoms with Crippen molar-refractivity contribution in [2.75, 3.05) is 26.6 Å². The number of carbonyl (C=O) groups is 1. The second-order valence-corrected chi connectivity index (χ2v) is 8.90. The third kappa shape index (κ3) is 5.95. The predicted molar refractivity (Wildman–Crippen MR) is 142 cm³/mol. The van der Waals surface area contributed by atoms with Crippen LogP contribution in [0.3, 0.4) is 0 Å². The lowest BCUT2D eigenvalue weighted by molar-refractivity contribution is 0.0939. The van der Waals surface area contributed by atoms with Gasteiger partial charge in [-0.2, -0.15) is 5.10 Å². The third-order valence-corrected chi connectivity index (χ3v) is 6.31. The summed E-state index contributed by atoms with van der Waals surface area (Å²) in [5.74, 6) is 1.82. The van der Waals surface area contributed by atoms with Crippen molar-refractivity contribution in [1.82, 2.24) is 15.1 Å². The average molecular weight is 482 g/mol. The molecule has 1 saturated carbocycles. The topological polar surface area (TPSA) is 103 Å². The van der Waals surface area contributed by atoms with E-state index in [1.54, 1.807) is 25.1 Å². The maximum Gasteiger partial charge on any atom is 0.252 e. The molecule has 4 rings (SSSR count). The molecule has 0 unspecified atom stereocenters. The van der Waals surface area contributed by atoms with Gasteiger partial charge in [0.15, 0.2) is 11.5 Å². The zero-order valence-electron chi connectivity index (χ0n) is 21.7. The first-order chi connectivity index (χ1) is 16.8. The number of carbonyl (C=O) groups excluding carboxylic acids is 1. The van der Waals surface area contributed by atoms with Crippen LogP contribution in [-0.4, -0.2) is 43.0 Å². The Morgan fingerprint density at radius 2 is 1.94 bits per heavy atom. The fourth-order valence-corrected chi connectivity index (χ4v) is 4.06. The summed E-state index contributed by atoms with van der Waals surface area (Å²) in [6.45, 7) is 6.15. The Kier molecular flexibility index (Phi) is 8.40. The highest BCUT2D eigenvalue weighted by Gasteiger charge is 2.32. The van der Waals surface area contributed by atoms with Gasteiger partial charge in [-0.15, -0.1) is 0 Å². The molecule has 1 aromatic heterocycles. The predicted octanol–water partition coefficient (Wildman–Crippen LogP) is 4.54. The smallest absolute Gasteiger partial charge is 0.252 e. The Morgan fingerprint density at radius 1 is 1.23 bits per heavy atom. The number of ether oxygens (including phenoxy) is 2. The van der Waals surface area contributed by atoms with Crippen LogP contribution in [0, 0.1) is 12.8 Å². The summed E-state index contributed by atoms with van der Waals surface area (Å²) in [5, 5.41) is 10.9. The van der Waals surface area contributed by atoms with Crippen molar-refractivity contribution in [2.45, 2.75) is 39.3 Å². The maximum absolute atomic E-state index is 13.2. The van der Waals surface area contributed by atoms with Crippen LogP contribution in [0.5, 0.6) is 11.5 Å². The van der Waals surface area contributed by atoms with Crippen LogP contribution in [0.25, 0.3) is 11.1 Å². The molecule has 8 nitrogen and oxygen atoms in total. The van der Waals surface area contributed by atoms with Crippen molar-refractivity contribution in [1.29, 1.82) is 0 Å². The first-order valence-electron chi connectivity index (χ1n) is 11.8. The largest absolute Gasteiger partial charge is 0.493 e. The van der Waals surface area contributed by atoms with Crippen LogP contribution in [0.15, 0.2) is 42.7 Å².